The summed E-state index contributed by atoms with van der Waals surface area (Å²) in [6.45, 7) is 0. The van der Waals surface area contributed by atoms with Crippen molar-refractivity contribution in [1.29, 1.82) is 0 Å². The molecule has 18 heavy (non-hydrogen) atoms. The predicted octanol–water partition coefficient (Wildman–Crippen LogP) is 3.17. The molecular formula is C11H6Cl2FN3O. The topological polar surface area (TPSA) is 54.9 Å². The van der Waals surface area contributed by atoms with Crippen molar-refractivity contribution in [3.8, 4) is 0 Å². The van der Waals surface area contributed by atoms with E-state index in [1.807, 2.05) is 0 Å². The van der Waals surface area contributed by atoms with E-state index in [9.17, 15) is 9.18 Å². The normalized spacial score (nSPS) is 10.2. The quantitative estimate of drug-likeness (QED) is 0.922. The minimum Gasteiger partial charge on any atom is -0.304 e. The van der Waals surface area contributed by atoms with Crippen molar-refractivity contribution in [3.05, 3.63) is 52.1 Å². The van der Waals surface area contributed by atoms with Crippen molar-refractivity contribution >= 4 is 34.9 Å². The summed E-state index contributed by atoms with van der Waals surface area (Å²) in [5.41, 5.74) is -0.263. The molecular weight excluding hydrogens is 280 g/mol. The van der Waals surface area contributed by atoms with Gasteiger partial charge in [-0.1, -0.05) is 29.3 Å². The van der Waals surface area contributed by atoms with E-state index in [0.29, 0.717) is 0 Å². The second-order valence-electron chi connectivity index (χ2n) is 3.25. The fourth-order valence-electron chi connectivity index (χ4n) is 1.29. The lowest BCUT2D eigenvalue weighted by Crippen LogP contribution is -2.15. The molecule has 0 radical (unpaired) electrons. The molecule has 0 unspecified atom stereocenters. The van der Waals surface area contributed by atoms with E-state index in [1.165, 1.54) is 24.5 Å². The SMILES string of the molecule is O=C(Nc1nccnc1Cl)c1c(F)cccc1Cl. The number of hydrogen-bond acceptors (Lipinski definition) is 3. The largest absolute Gasteiger partial charge is 0.304 e. The van der Waals surface area contributed by atoms with E-state index in [0.717, 1.165) is 6.07 Å². The van der Waals surface area contributed by atoms with Gasteiger partial charge in [-0.3, -0.25) is 4.79 Å². The van der Waals surface area contributed by atoms with Crippen molar-refractivity contribution in [2.45, 2.75) is 0 Å². The summed E-state index contributed by atoms with van der Waals surface area (Å²) in [7, 11) is 0. The maximum atomic E-state index is 13.5. The molecule has 2 rings (SSSR count). The Morgan fingerprint density at radius 1 is 1.22 bits per heavy atom. The highest BCUT2D eigenvalue weighted by atomic mass is 35.5. The molecule has 0 saturated carbocycles. The molecule has 4 nitrogen and oxygen atoms in total. The molecule has 1 aromatic carbocycles. The van der Waals surface area contributed by atoms with Crippen LogP contribution in [0.3, 0.4) is 0 Å². The molecule has 0 spiro atoms. The van der Waals surface area contributed by atoms with E-state index >= 15 is 0 Å². The van der Waals surface area contributed by atoms with Gasteiger partial charge in [-0.25, -0.2) is 14.4 Å². The summed E-state index contributed by atoms with van der Waals surface area (Å²) >= 11 is 11.5. The Kier molecular flexibility index (Phi) is 3.74. The third-order valence-electron chi connectivity index (χ3n) is 2.08. The molecule has 0 atom stereocenters. The zero-order valence-electron chi connectivity index (χ0n) is 8.82. The lowest BCUT2D eigenvalue weighted by Gasteiger charge is -2.07. The highest BCUT2D eigenvalue weighted by Gasteiger charge is 2.17. The predicted molar refractivity (Wildman–Crippen MR) is 66.4 cm³/mol. The second kappa shape index (κ2) is 5.29. The van der Waals surface area contributed by atoms with Crippen LogP contribution in [0.4, 0.5) is 10.2 Å². The average molecular weight is 286 g/mol. The van der Waals surface area contributed by atoms with Crippen LogP contribution in [-0.4, -0.2) is 15.9 Å². The number of amides is 1. The van der Waals surface area contributed by atoms with Gasteiger partial charge < -0.3 is 5.32 Å². The van der Waals surface area contributed by atoms with Crippen LogP contribution in [0.25, 0.3) is 0 Å². The first-order chi connectivity index (χ1) is 8.59. The molecule has 0 bridgehead atoms. The van der Waals surface area contributed by atoms with Crippen LogP contribution < -0.4 is 5.32 Å². The third kappa shape index (κ3) is 2.57. The Morgan fingerprint density at radius 2 is 1.94 bits per heavy atom. The van der Waals surface area contributed by atoms with E-state index in [1.54, 1.807) is 0 Å². The summed E-state index contributed by atoms with van der Waals surface area (Å²) < 4.78 is 13.5. The van der Waals surface area contributed by atoms with Gasteiger partial charge in [-0.05, 0) is 12.1 Å². The zero-order valence-corrected chi connectivity index (χ0v) is 10.3. The molecule has 0 aliphatic rings. The maximum absolute atomic E-state index is 13.5. The lowest BCUT2D eigenvalue weighted by atomic mass is 10.2. The van der Waals surface area contributed by atoms with Gasteiger partial charge in [0.25, 0.3) is 5.91 Å². The smallest absolute Gasteiger partial charge is 0.261 e. The van der Waals surface area contributed by atoms with E-state index in [2.05, 4.69) is 15.3 Å². The summed E-state index contributed by atoms with van der Waals surface area (Å²) in [5.74, 6) is -1.41. The van der Waals surface area contributed by atoms with Crippen LogP contribution in [-0.2, 0) is 0 Å². The molecule has 1 heterocycles. The van der Waals surface area contributed by atoms with Crippen LogP contribution in [0.15, 0.2) is 30.6 Å². The Hall–Kier alpha value is -1.72. The van der Waals surface area contributed by atoms with Gasteiger partial charge >= 0.3 is 0 Å². The molecule has 92 valence electrons. The first-order valence-corrected chi connectivity index (χ1v) is 5.57. The van der Waals surface area contributed by atoms with Crippen LogP contribution >= 0.6 is 23.2 Å². The summed E-state index contributed by atoms with van der Waals surface area (Å²) in [5, 5.41) is 2.36. The van der Waals surface area contributed by atoms with Crippen molar-refractivity contribution in [3.63, 3.8) is 0 Å². The highest BCUT2D eigenvalue weighted by molar-refractivity contribution is 6.35. The van der Waals surface area contributed by atoms with Gasteiger partial charge in [0, 0.05) is 12.4 Å². The highest BCUT2D eigenvalue weighted by Crippen LogP contribution is 2.21. The van der Waals surface area contributed by atoms with Gasteiger partial charge in [0.2, 0.25) is 0 Å². The molecule has 7 heteroatoms. The van der Waals surface area contributed by atoms with E-state index < -0.39 is 11.7 Å². The number of hydrogen-bond donors (Lipinski definition) is 1. The van der Waals surface area contributed by atoms with Crippen molar-refractivity contribution < 1.29 is 9.18 Å². The number of anilines is 1. The number of halogens is 3. The van der Waals surface area contributed by atoms with Crippen LogP contribution in [0.5, 0.6) is 0 Å². The summed E-state index contributed by atoms with van der Waals surface area (Å²) in [4.78, 5) is 19.4. The Bertz CT molecular complexity index is 586. The Balaban J connectivity index is 2.31. The second-order valence-corrected chi connectivity index (χ2v) is 4.01. The molecule has 2 aromatic rings. The fourth-order valence-corrected chi connectivity index (χ4v) is 1.69. The average Bonchev–Trinajstić information content (AvgIpc) is 2.32. The number of benzene rings is 1. The molecule has 1 amide bonds. The summed E-state index contributed by atoms with van der Waals surface area (Å²) in [6, 6.07) is 3.96. The maximum Gasteiger partial charge on any atom is 0.261 e. The third-order valence-corrected chi connectivity index (χ3v) is 2.67. The molecule has 0 aliphatic carbocycles. The van der Waals surface area contributed by atoms with Gasteiger partial charge in [0.15, 0.2) is 11.0 Å². The lowest BCUT2D eigenvalue weighted by molar-refractivity contribution is 0.102. The first-order valence-electron chi connectivity index (χ1n) is 4.81. The molecule has 0 saturated heterocycles. The summed E-state index contributed by atoms with van der Waals surface area (Å²) in [6.07, 6.45) is 2.72. The molecule has 0 aliphatic heterocycles. The minimum absolute atomic E-state index is 0.00696. The number of nitrogens with zero attached hydrogens (tertiary/aromatic N) is 2. The minimum atomic E-state index is -0.736. The van der Waals surface area contributed by atoms with E-state index in [-0.39, 0.29) is 21.6 Å². The standard InChI is InChI=1S/C11H6Cl2FN3O/c12-6-2-1-3-7(14)8(6)11(18)17-10-9(13)15-4-5-16-10/h1-5H,(H,16,17,18). The molecule has 1 aromatic heterocycles. The number of aromatic nitrogens is 2. The van der Waals surface area contributed by atoms with Crippen molar-refractivity contribution in [2.24, 2.45) is 0 Å². The Morgan fingerprint density at radius 3 is 2.61 bits per heavy atom. The van der Waals surface area contributed by atoms with Crippen molar-refractivity contribution in [1.82, 2.24) is 9.97 Å². The monoisotopic (exact) mass is 285 g/mol. The number of rotatable bonds is 2. The van der Waals surface area contributed by atoms with Gasteiger partial charge in [-0.2, -0.15) is 0 Å². The van der Waals surface area contributed by atoms with Gasteiger partial charge in [0.1, 0.15) is 5.82 Å². The number of nitrogens with one attached hydrogen (secondary N) is 1. The Labute approximate surface area is 112 Å². The van der Waals surface area contributed by atoms with Crippen molar-refractivity contribution in [2.75, 3.05) is 5.32 Å². The molecule has 1 N–H and O–H groups in total. The van der Waals surface area contributed by atoms with E-state index in [4.69, 9.17) is 23.2 Å². The number of carbonyl (C=O) groups is 1. The zero-order chi connectivity index (χ0) is 13.1. The van der Waals surface area contributed by atoms with Crippen LogP contribution in [0, 0.1) is 5.82 Å². The van der Waals surface area contributed by atoms with Crippen LogP contribution in [0.2, 0.25) is 10.2 Å². The molecule has 0 fully saturated rings. The van der Waals surface area contributed by atoms with Gasteiger partial charge in [-0.15, -0.1) is 0 Å². The fraction of sp³-hybridized carbons (Fsp3) is 0. The van der Waals surface area contributed by atoms with Gasteiger partial charge in [0.05, 0.1) is 10.6 Å². The van der Waals surface area contributed by atoms with Crippen LogP contribution in [0.1, 0.15) is 10.4 Å². The number of carbonyl (C=O) groups excluding carboxylic acids is 1. The first kappa shape index (κ1) is 12.7.